The molecule has 0 aliphatic carbocycles. The average molecular weight is 265 g/mol. The van der Waals surface area contributed by atoms with Gasteiger partial charge in [0.05, 0.1) is 31.4 Å². The Morgan fingerprint density at radius 2 is 2.16 bits per heavy atom. The van der Waals surface area contributed by atoms with Crippen molar-refractivity contribution in [3.8, 4) is 11.5 Å². The third-order valence-electron chi connectivity index (χ3n) is 3.41. The van der Waals surface area contributed by atoms with Crippen LogP contribution in [0.15, 0.2) is 18.2 Å². The number of likely N-dealkylation sites (tertiary alicyclic amines) is 1. The Kier molecular flexibility index (Phi) is 3.66. The topological polar surface area (TPSA) is 70.0 Å². The van der Waals surface area contributed by atoms with E-state index in [1.165, 1.54) is 24.1 Å². The quantitative estimate of drug-likeness (QED) is 0.863. The number of hydrogen-bond donors (Lipinski definition) is 2. The fourth-order valence-electron chi connectivity index (χ4n) is 2.42. The molecular formula is C14H19NO4. The lowest BCUT2D eigenvalue weighted by molar-refractivity contribution is -0.0860. The Hall–Kier alpha value is -1.75. The summed E-state index contributed by atoms with van der Waals surface area (Å²) in [5, 5.41) is 19.9. The summed E-state index contributed by atoms with van der Waals surface area (Å²) in [6, 6.07) is 4.57. The Balaban J connectivity index is 2.06. The summed E-state index contributed by atoms with van der Waals surface area (Å²) in [4.78, 5) is 13.7. The van der Waals surface area contributed by atoms with Crippen LogP contribution in [0.1, 0.15) is 30.1 Å². The second-order valence-corrected chi connectivity index (χ2v) is 5.02. The molecule has 2 rings (SSSR count). The van der Waals surface area contributed by atoms with E-state index in [1.54, 1.807) is 6.07 Å². The number of benzene rings is 1. The SMILES string of the molecule is CCCC1(O)CN(C(=O)c2ccc(OC)cc2O)C1. The lowest BCUT2D eigenvalue weighted by Crippen LogP contribution is -2.63. The molecule has 1 aromatic rings. The van der Waals surface area contributed by atoms with Crippen LogP contribution in [0.5, 0.6) is 11.5 Å². The molecule has 2 N–H and O–H groups in total. The van der Waals surface area contributed by atoms with Gasteiger partial charge in [0.15, 0.2) is 0 Å². The normalized spacial score (nSPS) is 16.9. The van der Waals surface area contributed by atoms with Crippen molar-refractivity contribution in [2.24, 2.45) is 0 Å². The van der Waals surface area contributed by atoms with E-state index < -0.39 is 5.60 Å². The van der Waals surface area contributed by atoms with Crippen LogP contribution in [-0.4, -0.2) is 46.8 Å². The van der Waals surface area contributed by atoms with E-state index in [2.05, 4.69) is 0 Å². The maximum atomic E-state index is 12.2. The molecule has 1 aromatic carbocycles. The van der Waals surface area contributed by atoms with Gasteiger partial charge in [0.25, 0.3) is 5.91 Å². The molecule has 1 aliphatic rings. The van der Waals surface area contributed by atoms with Gasteiger partial charge in [0, 0.05) is 6.07 Å². The van der Waals surface area contributed by atoms with Crippen LogP contribution in [0, 0.1) is 0 Å². The molecule has 104 valence electrons. The first kappa shape index (κ1) is 13.7. The van der Waals surface area contributed by atoms with Gasteiger partial charge in [-0.1, -0.05) is 13.3 Å². The minimum absolute atomic E-state index is 0.102. The van der Waals surface area contributed by atoms with E-state index >= 15 is 0 Å². The minimum Gasteiger partial charge on any atom is -0.507 e. The highest BCUT2D eigenvalue weighted by Gasteiger charge is 2.43. The molecule has 19 heavy (non-hydrogen) atoms. The van der Waals surface area contributed by atoms with E-state index in [9.17, 15) is 15.0 Å². The van der Waals surface area contributed by atoms with Crippen LogP contribution in [0.2, 0.25) is 0 Å². The molecule has 1 fully saturated rings. The molecule has 5 nitrogen and oxygen atoms in total. The smallest absolute Gasteiger partial charge is 0.257 e. The molecule has 0 unspecified atom stereocenters. The molecule has 0 atom stereocenters. The van der Waals surface area contributed by atoms with Crippen molar-refractivity contribution in [1.29, 1.82) is 0 Å². The van der Waals surface area contributed by atoms with Gasteiger partial charge in [-0.3, -0.25) is 4.79 Å². The number of phenolic OH excluding ortho intramolecular Hbond substituents is 1. The van der Waals surface area contributed by atoms with Gasteiger partial charge in [-0.25, -0.2) is 0 Å². The zero-order valence-electron chi connectivity index (χ0n) is 11.2. The summed E-state index contributed by atoms with van der Waals surface area (Å²) >= 11 is 0. The molecule has 5 heteroatoms. The molecule has 1 aliphatic heterocycles. The Labute approximate surface area is 112 Å². The Morgan fingerprint density at radius 3 is 2.68 bits per heavy atom. The predicted molar refractivity (Wildman–Crippen MR) is 70.4 cm³/mol. The molecule has 1 saturated heterocycles. The van der Waals surface area contributed by atoms with Crippen LogP contribution in [0.4, 0.5) is 0 Å². The second-order valence-electron chi connectivity index (χ2n) is 5.02. The third-order valence-corrected chi connectivity index (χ3v) is 3.41. The van der Waals surface area contributed by atoms with E-state index in [1.807, 2.05) is 6.92 Å². The van der Waals surface area contributed by atoms with Gasteiger partial charge in [-0.05, 0) is 18.6 Å². The van der Waals surface area contributed by atoms with Crippen LogP contribution in [-0.2, 0) is 0 Å². The lowest BCUT2D eigenvalue weighted by atomic mass is 9.88. The zero-order valence-corrected chi connectivity index (χ0v) is 11.2. The van der Waals surface area contributed by atoms with Gasteiger partial charge in [0.1, 0.15) is 11.5 Å². The fraction of sp³-hybridized carbons (Fsp3) is 0.500. The van der Waals surface area contributed by atoms with E-state index in [0.717, 1.165) is 6.42 Å². The van der Waals surface area contributed by atoms with E-state index in [0.29, 0.717) is 25.3 Å². The molecular weight excluding hydrogens is 246 g/mol. The molecule has 0 spiro atoms. The van der Waals surface area contributed by atoms with Crippen molar-refractivity contribution in [2.75, 3.05) is 20.2 Å². The van der Waals surface area contributed by atoms with Crippen LogP contribution < -0.4 is 4.74 Å². The van der Waals surface area contributed by atoms with Crippen LogP contribution in [0.3, 0.4) is 0 Å². The monoisotopic (exact) mass is 265 g/mol. The highest BCUT2D eigenvalue weighted by molar-refractivity contribution is 5.97. The number of phenols is 1. The highest BCUT2D eigenvalue weighted by Crippen LogP contribution is 2.30. The van der Waals surface area contributed by atoms with Crippen molar-refractivity contribution < 1.29 is 19.7 Å². The predicted octanol–water partition coefficient (Wildman–Crippen LogP) is 1.39. The van der Waals surface area contributed by atoms with Crippen LogP contribution in [0.25, 0.3) is 0 Å². The Bertz CT molecular complexity index is 480. The molecule has 1 heterocycles. The standard InChI is InChI=1S/C14H19NO4/c1-3-6-14(18)8-15(9-14)13(17)11-5-4-10(19-2)7-12(11)16/h4-5,7,16,18H,3,6,8-9H2,1-2H3. The number of carbonyl (C=O) groups excluding carboxylic acids is 1. The largest absolute Gasteiger partial charge is 0.507 e. The number of hydrogen-bond acceptors (Lipinski definition) is 4. The minimum atomic E-state index is -0.757. The number of β-amino-alcohol motifs (C(OH)–C–C–N with tert-alkyl or cyclic N) is 1. The first-order valence-electron chi connectivity index (χ1n) is 6.38. The van der Waals surface area contributed by atoms with Gasteiger partial charge >= 0.3 is 0 Å². The van der Waals surface area contributed by atoms with Gasteiger partial charge in [-0.15, -0.1) is 0 Å². The van der Waals surface area contributed by atoms with Crippen molar-refractivity contribution in [2.45, 2.75) is 25.4 Å². The highest BCUT2D eigenvalue weighted by atomic mass is 16.5. The summed E-state index contributed by atoms with van der Waals surface area (Å²) in [6.45, 7) is 2.65. The number of nitrogens with zero attached hydrogens (tertiary/aromatic N) is 1. The fourth-order valence-corrected chi connectivity index (χ4v) is 2.42. The van der Waals surface area contributed by atoms with E-state index in [4.69, 9.17) is 4.74 Å². The summed E-state index contributed by atoms with van der Waals surface area (Å²) in [6.07, 6.45) is 1.57. The van der Waals surface area contributed by atoms with Gasteiger partial charge < -0.3 is 19.8 Å². The third kappa shape index (κ3) is 2.66. The molecule has 0 saturated carbocycles. The zero-order chi connectivity index (χ0) is 14.0. The first-order valence-corrected chi connectivity index (χ1v) is 6.38. The number of rotatable bonds is 4. The number of carbonyl (C=O) groups is 1. The van der Waals surface area contributed by atoms with Gasteiger partial charge in [-0.2, -0.15) is 0 Å². The van der Waals surface area contributed by atoms with E-state index in [-0.39, 0.29) is 17.2 Å². The maximum absolute atomic E-state index is 12.2. The maximum Gasteiger partial charge on any atom is 0.257 e. The molecule has 0 radical (unpaired) electrons. The van der Waals surface area contributed by atoms with Crippen LogP contribution >= 0.6 is 0 Å². The van der Waals surface area contributed by atoms with Crippen molar-refractivity contribution in [1.82, 2.24) is 4.90 Å². The summed E-state index contributed by atoms with van der Waals surface area (Å²) in [5.74, 6) is 0.136. The molecule has 0 bridgehead atoms. The Morgan fingerprint density at radius 1 is 1.47 bits per heavy atom. The average Bonchev–Trinajstić information content (AvgIpc) is 2.35. The second kappa shape index (κ2) is 5.09. The number of aromatic hydroxyl groups is 1. The van der Waals surface area contributed by atoms with Gasteiger partial charge in [0.2, 0.25) is 0 Å². The molecule has 1 amide bonds. The summed E-state index contributed by atoms with van der Waals surface area (Å²) in [7, 11) is 1.50. The summed E-state index contributed by atoms with van der Waals surface area (Å²) < 4.78 is 4.97. The lowest BCUT2D eigenvalue weighted by Gasteiger charge is -2.46. The summed E-state index contributed by atoms with van der Waals surface area (Å²) in [5.41, 5.74) is -0.522. The number of aliphatic hydroxyl groups is 1. The first-order chi connectivity index (χ1) is 8.99. The van der Waals surface area contributed by atoms with Crippen molar-refractivity contribution >= 4 is 5.91 Å². The van der Waals surface area contributed by atoms with Crippen molar-refractivity contribution in [3.05, 3.63) is 23.8 Å². The number of methoxy groups -OCH3 is 1. The molecule has 0 aromatic heterocycles. The number of amides is 1. The van der Waals surface area contributed by atoms with Crippen molar-refractivity contribution in [3.63, 3.8) is 0 Å². The number of ether oxygens (including phenoxy) is 1.